The van der Waals surface area contributed by atoms with Crippen LogP contribution in [-0.4, -0.2) is 69.2 Å². The maximum absolute atomic E-state index is 13.3. The van der Waals surface area contributed by atoms with E-state index < -0.39 is 23.3 Å². The van der Waals surface area contributed by atoms with Crippen molar-refractivity contribution in [1.29, 1.82) is 0 Å². The van der Waals surface area contributed by atoms with E-state index in [9.17, 15) is 19.2 Å². The van der Waals surface area contributed by atoms with E-state index in [0.717, 1.165) is 64.2 Å². The number of likely N-dealkylation sites (tertiary alicyclic amines) is 1. The molecule has 1 aromatic heterocycles. The average molecular weight is 664 g/mol. The van der Waals surface area contributed by atoms with E-state index in [1.165, 1.54) is 25.8 Å². The maximum atomic E-state index is 13.3. The van der Waals surface area contributed by atoms with Crippen LogP contribution in [0.15, 0.2) is 57.7 Å². The third-order valence-corrected chi connectivity index (χ3v) is 8.77. The summed E-state index contributed by atoms with van der Waals surface area (Å²) in [5, 5.41) is 5.76. The smallest absolute Gasteiger partial charge is 0.328 e. The molecule has 2 N–H and O–H groups in total. The lowest BCUT2D eigenvalue weighted by atomic mass is 9.93. The molecule has 2 heterocycles. The van der Waals surface area contributed by atoms with E-state index in [2.05, 4.69) is 46.7 Å². The SMILES string of the molecule is CCCCCCOC(=O)[C@H](CCC(=O)NCCC1CCN(Cc2ccccc2)CC1)NC(=O)c1cc(=O)c2c(OC)cc(OC)cc2o1. The van der Waals surface area contributed by atoms with Crippen molar-refractivity contribution >= 4 is 28.8 Å². The second kappa shape index (κ2) is 18.8. The van der Waals surface area contributed by atoms with Crippen molar-refractivity contribution in [3.05, 3.63) is 70.1 Å². The number of unbranched alkanes of at least 4 members (excludes halogenated alkanes) is 3. The van der Waals surface area contributed by atoms with Crippen LogP contribution in [0, 0.1) is 5.92 Å². The van der Waals surface area contributed by atoms with Gasteiger partial charge in [-0.05, 0) is 56.7 Å². The maximum Gasteiger partial charge on any atom is 0.328 e. The molecule has 260 valence electrons. The highest BCUT2D eigenvalue weighted by Gasteiger charge is 2.26. The number of piperidine rings is 1. The quantitative estimate of drug-likeness (QED) is 0.139. The number of hydrogen-bond acceptors (Lipinski definition) is 9. The van der Waals surface area contributed by atoms with Crippen molar-refractivity contribution in [2.75, 3.05) is 40.5 Å². The fraction of sp³-hybridized carbons (Fsp3) is 0.514. The summed E-state index contributed by atoms with van der Waals surface area (Å²) in [4.78, 5) is 54.6. The van der Waals surface area contributed by atoms with Gasteiger partial charge in [-0.2, -0.15) is 0 Å². The predicted molar refractivity (Wildman–Crippen MR) is 183 cm³/mol. The number of nitrogens with one attached hydrogen (secondary N) is 2. The Balaban J connectivity index is 1.31. The van der Waals surface area contributed by atoms with Gasteiger partial charge in [0.1, 0.15) is 28.5 Å². The monoisotopic (exact) mass is 663 g/mol. The number of carbonyl (C=O) groups excluding carboxylic acids is 3. The van der Waals surface area contributed by atoms with Crippen molar-refractivity contribution in [3.8, 4) is 11.5 Å². The van der Waals surface area contributed by atoms with Crippen LogP contribution < -0.4 is 25.5 Å². The van der Waals surface area contributed by atoms with Crippen LogP contribution in [-0.2, 0) is 20.9 Å². The zero-order chi connectivity index (χ0) is 34.3. The van der Waals surface area contributed by atoms with Crippen LogP contribution in [0.4, 0.5) is 0 Å². The lowest BCUT2D eigenvalue weighted by Gasteiger charge is -2.32. The molecule has 48 heavy (non-hydrogen) atoms. The second-order valence-corrected chi connectivity index (χ2v) is 12.3. The third kappa shape index (κ3) is 10.8. The molecule has 1 aliphatic heterocycles. The molecule has 0 spiro atoms. The summed E-state index contributed by atoms with van der Waals surface area (Å²) in [7, 11) is 2.87. The largest absolute Gasteiger partial charge is 0.496 e. The van der Waals surface area contributed by atoms with Crippen LogP contribution in [0.1, 0.15) is 80.8 Å². The number of benzene rings is 2. The van der Waals surface area contributed by atoms with Crippen molar-refractivity contribution < 1.29 is 33.0 Å². The van der Waals surface area contributed by atoms with Crippen LogP contribution in [0.5, 0.6) is 11.5 Å². The predicted octanol–water partition coefficient (Wildman–Crippen LogP) is 5.23. The summed E-state index contributed by atoms with van der Waals surface area (Å²) in [5.74, 6) is -0.739. The normalized spacial score (nSPS) is 14.3. The van der Waals surface area contributed by atoms with Gasteiger partial charge in [0.05, 0.1) is 20.8 Å². The van der Waals surface area contributed by atoms with Gasteiger partial charge in [-0.25, -0.2) is 4.79 Å². The summed E-state index contributed by atoms with van der Waals surface area (Å²) in [6, 6.07) is 13.5. The number of fused-ring (bicyclic) bond motifs is 1. The fourth-order valence-corrected chi connectivity index (χ4v) is 5.95. The van der Waals surface area contributed by atoms with E-state index in [1.54, 1.807) is 6.07 Å². The Hall–Kier alpha value is -4.38. The molecule has 2 amide bonds. The Morgan fingerprint density at radius 2 is 1.77 bits per heavy atom. The van der Waals surface area contributed by atoms with Crippen molar-refractivity contribution in [2.45, 2.75) is 77.3 Å². The summed E-state index contributed by atoms with van der Waals surface area (Å²) >= 11 is 0. The minimum atomic E-state index is -1.11. The summed E-state index contributed by atoms with van der Waals surface area (Å²) in [6.45, 7) is 5.89. The van der Waals surface area contributed by atoms with Gasteiger partial charge in [0.2, 0.25) is 5.91 Å². The number of nitrogens with zero attached hydrogens (tertiary/aromatic N) is 1. The highest BCUT2D eigenvalue weighted by molar-refractivity contribution is 5.96. The molecule has 0 radical (unpaired) electrons. The molecule has 1 fully saturated rings. The fourth-order valence-electron chi connectivity index (χ4n) is 5.95. The first kappa shape index (κ1) is 36.5. The summed E-state index contributed by atoms with van der Waals surface area (Å²) in [5.41, 5.74) is 0.929. The van der Waals surface area contributed by atoms with Gasteiger partial charge in [0, 0.05) is 37.7 Å². The molecule has 11 heteroatoms. The Morgan fingerprint density at radius 3 is 2.48 bits per heavy atom. The van der Waals surface area contributed by atoms with Crippen molar-refractivity contribution in [2.24, 2.45) is 5.92 Å². The lowest BCUT2D eigenvalue weighted by molar-refractivity contribution is -0.146. The third-order valence-electron chi connectivity index (χ3n) is 8.77. The molecule has 1 atom stereocenters. The standard InChI is InChI=1S/C37H49N3O8/c1-4-5-6-10-21-47-37(44)29(39-36(43)33-24-30(41)35-31(46-3)22-28(45-2)23-32(35)48-33)13-14-34(42)38-18-15-26-16-19-40(20-17-26)25-27-11-8-7-9-12-27/h7-9,11-12,22-24,26,29H,4-6,10,13-21,25H2,1-3H3,(H,38,42)(H,39,43)/t29-/m0/s1. The van der Waals surface area contributed by atoms with Crippen molar-refractivity contribution in [1.82, 2.24) is 15.5 Å². The first-order valence-electron chi connectivity index (χ1n) is 17.0. The van der Waals surface area contributed by atoms with E-state index >= 15 is 0 Å². The Bertz CT molecular complexity index is 1550. The molecule has 0 bridgehead atoms. The van der Waals surface area contributed by atoms with E-state index in [1.807, 2.05) is 6.07 Å². The molecular weight excluding hydrogens is 614 g/mol. The van der Waals surface area contributed by atoms with Crippen LogP contribution in [0.2, 0.25) is 0 Å². The average Bonchev–Trinajstić information content (AvgIpc) is 3.10. The van der Waals surface area contributed by atoms with Crippen molar-refractivity contribution in [3.63, 3.8) is 0 Å². The number of carbonyl (C=O) groups is 3. The second-order valence-electron chi connectivity index (χ2n) is 12.3. The first-order valence-corrected chi connectivity index (χ1v) is 17.0. The number of methoxy groups -OCH3 is 2. The Labute approximate surface area is 282 Å². The van der Waals surface area contributed by atoms with E-state index in [-0.39, 0.29) is 47.8 Å². The highest BCUT2D eigenvalue weighted by Crippen LogP contribution is 2.29. The first-order chi connectivity index (χ1) is 23.3. The molecular formula is C37H49N3O8. The number of esters is 1. The van der Waals surface area contributed by atoms with Gasteiger partial charge >= 0.3 is 5.97 Å². The highest BCUT2D eigenvalue weighted by atomic mass is 16.5. The van der Waals surface area contributed by atoms with Crippen LogP contribution in [0.25, 0.3) is 11.0 Å². The summed E-state index contributed by atoms with van der Waals surface area (Å²) < 4.78 is 21.8. The molecule has 0 aliphatic carbocycles. The van der Waals surface area contributed by atoms with E-state index in [4.69, 9.17) is 18.6 Å². The molecule has 0 saturated carbocycles. The van der Waals surface area contributed by atoms with Crippen LogP contribution in [0.3, 0.4) is 0 Å². The minimum Gasteiger partial charge on any atom is -0.496 e. The molecule has 1 saturated heterocycles. The van der Waals surface area contributed by atoms with E-state index in [0.29, 0.717) is 24.6 Å². The molecule has 11 nitrogen and oxygen atoms in total. The zero-order valence-electron chi connectivity index (χ0n) is 28.4. The van der Waals surface area contributed by atoms with Gasteiger partial charge in [0.15, 0.2) is 11.2 Å². The molecule has 3 aromatic rings. The lowest BCUT2D eigenvalue weighted by Crippen LogP contribution is -2.43. The van der Waals surface area contributed by atoms with Gasteiger partial charge in [-0.3, -0.25) is 19.3 Å². The number of amides is 2. The van der Waals surface area contributed by atoms with Crippen LogP contribution >= 0.6 is 0 Å². The summed E-state index contributed by atoms with van der Waals surface area (Å²) in [6.07, 6.45) is 6.81. The van der Waals surface area contributed by atoms with Gasteiger partial charge < -0.3 is 29.3 Å². The van der Waals surface area contributed by atoms with Gasteiger partial charge in [-0.1, -0.05) is 56.5 Å². The molecule has 0 unspecified atom stereocenters. The molecule has 1 aliphatic rings. The van der Waals surface area contributed by atoms with Gasteiger partial charge in [-0.15, -0.1) is 0 Å². The number of hydrogen-bond donors (Lipinski definition) is 2. The molecule has 2 aromatic carbocycles. The number of ether oxygens (including phenoxy) is 3. The number of rotatable bonds is 18. The minimum absolute atomic E-state index is 0.0153. The molecule has 4 rings (SSSR count). The Kier molecular flexibility index (Phi) is 14.3. The van der Waals surface area contributed by atoms with Gasteiger partial charge in [0.25, 0.3) is 5.91 Å². The topological polar surface area (TPSA) is 136 Å². The zero-order valence-corrected chi connectivity index (χ0v) is 28.4. The Morgan fingerprint density at radius 1 is 1.00 bits per heavy atom.